The highest BCUT2D eigenvalue weighted by Crippen LogP contribution is 2.37. The maximum atomic E-state index is 12.4. The van der Waals surface area contributed by atoms with E-state index in [2.05, 4.69) is 4.72 Å². The van der Waals surface area contributed by atoms with Crippen LogP contribution in [0.2, 0.25) is 0 Å². The zero-order valence-electron chi connectivity index (χ0n) is 12.1. The van der Waals surface area contributed by atoms with E-state index in [1.165, 1.54) is 0 Å². The predicted molar refractivity (Wildman–Crippen MR) is 79.1 cm³/mol. The number of aryl methyl sites for hydroxylation is 2. The molecule has 0 aliphatic heterocycles. The largest absolute Gasteiger partial charge is 0.396 e. The average Bonchev–Trinajstić information content (AvgIpc) is 2.85. The van der Waals surface area contributed by atoms with Gasteiger partial charge in [-0.15, -0.1) is 0 Å². The standard InChI is InChI=1S/C15H23NO3S/c1-12-7-13(2)9-14(8-12)20(18,19)16-10-15(11-17)5-3-4-6-15/h7-9,16-17H,3-6,10-11H2,1-2H3. The number of hydrogen-bond acceptors (Lipinski definition) is 3. The molecule has 1 aromatic carbocycles. The van der Waals surface area contributed by atoms with E-state index in [0.29, 0.717) is 11.4 Å². The summed E-state index contributed by atoms with van der Waals surface area (Å²) in [6, 6.07) is 5.30. The smallest absolute Gasteiger partial charge is 0.240 e. The first-order chi connectivity index (χ1) is 9.37. The SMILES string of the molecule is Cc1cc(C)cc(S(=O)(=O)NCC2(CO)CCCC2)c1. The van der Waals surface area contributed by atoms with Crippen molar-refractivity contribution < 1.29 is 13.5 Å². The van der Waals surface area contributed by atoms with E-state index in [9.17, 15) is 13.5 Å². The molecule has 0 spiro atoms. The third kappa shape index (κ3) is 3.40. The minimum Gasteiger partial charge on any atom is -0.396 e. The van der Waals surface area contributed by atoms with Crippen molar-refractivity contribution in [1.82, 2.24) is 4.72 Å². The summed E-state index contributed by atoms with van der Waals surface area (Å²) in [7, 11) is -3.50. The first kappa shape index (κ1) is 15.5. The quantitative estimate of drug-likeness (QED) is 0.875. The van der Waals surface area contributed by atoms with Crippen molar-refractivity contribution in [3.05, 3.63) is 29.3 Å². The Kier molecular flexibility index (Phi) is 4.52. The molecule has 112 valence electrons. The summed E-state index contributed by atoms with van der Waals surface area (Å²) in [5, 5.41) is 9.54. The molecule has 0 heterocycles. The normalized spacial score (nSPS) is 18.4. The molecule has 1 saturated carbocycles. The molecular weight excluding hydrogens is 274 g/mol. The fourth-order valence-electron chi connectivity index (χ4n) is 2.94. The number of sulfonamides is 1. The maximum absolute atomic E-state index is 12.4. The lowest BCUT2D eigenvalue weighted by molar-refractivity contribution is 0.134. The molecule has 1 fully saturated rings. The number of aliphatic hydroxyl groups is 1. The highest BCUT2D eigenvalue weighted by atomic mass is 32.2. The van der Waals surface area contributed by atoms with Crippen molar-refractivity contribution >= 4 is 10.0 Å². The zero-order chi connectivity index (χ0) is 14.8. The topological polar surface area (TPSA) is 66.4 Å². The summed E-state index contributed by atoms with van der Waals surface area (Å²) in [4.78, 5) is 0.307. The van der Waals surface area contributed by atoms with E-state index in [1.807, 2.05) is 19.9 Å². The van der Waals surface area contributed by atoms with Crippen LogP contribution in [0.5, 0.6) is 0 Å². The number of nitrogens with one attached hydrogen (secondary N) is 1. The first-order valence-electron chi connectivity index (χ1n) is 7.06. The van der Waals surface area contributed by atoms with Gasteiger partial charge in [0.2, 0.25) is 10.0 Å². The minimum absolute atomic E-state index is 0.0440. The number of benzene rings is 1. The summed E-state index contributed by atoms with van der Waals surface area (Å²) in [5.41, 5.74) is 1.59. The monoisotopic (exact) mass is 297 g/mol. The molecule has 20 heavy (non-hydrogen) atoms. The highest BCUT2D eigenvalue weighted by Gasteiger charge is 2.34. The van der Waals surface area contributed by atoms with E-state index in [0.717, 1.165) is 36.8 Å². The van der Waals surface area contributed by atoms with Gasteiger partial charge in [-0.3, -0.25) is 0 Å². The molecule has 5 heteroatoms. The van der Waals surface area contributed by atoms with Crippen LogP contribution in [0.4, 0.5) is 0 Å². The van der Waals surface area contributed by atoms with Gasteiger partial charge in [-0.1, -0.05) is 18.9 Å². The lowest BCUT2D eigenvalue weighted by atomic mass is 9.88. The zero-order valence-corrected chi connectivity index (χ0v) is 13.0. The fraction of sp³-hybridized carbons (Fsp3) is 0.600. The second-order valence-electron chi connectivity index (χ2n) is 6.01. The van der Waals surface area contributed by atoms with Gasteiger partial charge in [-0.2, -0.15) is 0 Å². The fourth-order valence-corrected chi connectivity index (χ4v) is 4.28. The predicted octanol–water partition coefficient (Wildman–Crippen LogP) is 2.13. The van der Waals surface area contributed by atoms with Crippen LogP contribution in [-0.2, 0) is 10.0 Å². The molecule has 0 amide bonds. The van der Waals surface area contributed by atoms with E-state index in [4.69, 9.17) is 0 Å². The van der Waals surface area contributed by atoms with Gasteiger partial charge >= 0.3 is 0 Å². The highest BCUT2D eigenvalue weighted by molar-refractivity contribution is 7.89. The number of rotatable bonds is 5. The van der Waals surface area contributed by atoms with E-state index in [-0.39, 0.29) is 12.0 Å². The van der Waals surface area contributed by atoms with Crippen molar-refractivity contribution in [2.24, 2.45) is 5.41 Å². The van der Waals surface area contributed by atoms with Gasteiger partial charge in [0.15, 0.2) is 0 Å². The summed E-state index contributed by atoms with van der Waals surface area (Å²) in [6.45, 7) is 4.14. The molecule has 0 unspecified atom stereocenters. The Morgan fingerprint density at radius 1 is 1.15 bits per heavy atom. The second-order valence-corrected chi connectivity index (χ2v) is 7.78. The van der Waals surface area contributed by atoms with Crippen LogP contribution in [0.3, 0.4) is 0 Å². The lowest BCUT2D eigenvalue weighted by Gasteiger charge is -2.26. The van der Waals surface area contributed by atoms with Gasteiger partial charge in [0.1, 0.15) is 0 Å². The van der Waals surface area contributed by atoms with Crippen molar-refractivity contribution in [3.8, 4) is 0 Å². The van der Waals surface area contributed by atoms with E-state index in [1.54, 1.807) is 12.1 Å². The first-order valence-corrected chi connectivity index (χ1v) is 8.54. The summed E-state index contributed by atoms with van der Waals surface area (Å²) < 4.78 is 27.4. The van der Waals surface area contributed by atoms with Gasteiger partial charge in [-0.25, -0.2) is 13.1 Å². The summed E-state index contributed by atoms with van der Waals surface area (Å²) in [5.74, 6) is 0. The van der Waals surface area contributed by atoms with Gasteiger partial charge in [0, 0.05) is 18.6 Å². The molecule has 0 radical (unpaired) electrons. The molecule has 4 nitrogen and oxygen atoms in total. The Morgan fingerprint density at radius 3 is 2.20 bits per heavy atom. The Morgan fingerprint density at radius 2 is 1.70 bits per heavy atom. The Bertz CT molecular complexity index is 555. The van der Waals surface area contributed by atoms with Crippen LogP contribution in [0.25, 0.3) is 0 Å². The molecular formula is C15H23NO3S. The van der Waals surface area contributed by atoms with E-state index < -0.39 is 10.0 Å². The molecule has 0 atom stereocenters. The van der Waals surface area contributed by atoms with Crippen molar-refractivity contribution in [2.75, 3.05) is 13.2 Å². The third-order valence-corrected chi connectivity index (χ3v) is 5.52. The van der Waals surface area contributed by atoms with Gasteiger partial charge < -0.3 is 5.11 Å². The van der Waals surface area contributed by atoms with Crippen LogP contribution < -0.4 is 4.72 Å². The van der Waals surface area contributed by atoms with Crippen molar-refractivity contribution in [1.29, 1.82) is 0 Å². The Balaban J connectivity index is 2.15. The number of hydrogen-bond donors (Lipinski definition) is 2. The molecule has 0 bridgehead atoms. The molecule has 1 aliphatic carbocycles. The van der Waals surface area contributed by atoms with Crippen molar-refractivity contribution in [3.63, 3.8) is 0 Å². The Labute approximate surface area is 121 Å². The van der Waals surface area contributed by atoms with Crippen LogP contribution in [0.15, 0.2) is 23.1 Å². The molecule has 1 aromatic rings. The van der Waals surface area contributed by atoms with Crippen LogP contribution in [0.1, 0.15) is 36.8 Å². The molecule has 0 saturated heterocycles. The van der Waals surface area contributed by atoms with E-state index >= 15 is 0 Å². The van der Waals surface area contributed by atoms with Crippen LogP contribution in [-0.4, -0.2) is 26.7 Å². The van der Waals surface area contributed by atoms with Gasteiger partial charge in [0.05, 0.1) is 4.90 Å². The second kappa shape index (κ2) is 5.84. The lowest BCUT2D eigenvalue weighted by Crippen LogP contribution is -2.38. The molecule has 1 aliphatic rings. The summed E-state index contributed by atoms with van der Waals surface area (Å²) >= 11 is 0. The molecule has 0 aromatic heterocycles. The Hall–Kier alpha value is -0.910. The summed E-state index contributed by atoms with van der Waals surface area (Å²) in [6.07, 6.45) is 3.90. The van der Waals surface area contributed by atoms with Gasteiger partial charge in [0.25, 0.3) is 0 Å². The minimum atomic E-state index is -3.50. The van der Waals surface area contributed by atoms with Crippen LogP contribution >= 0.6 is 0 Å². The molecule has 2 rings (SSSR count). The third-order valence-electron chi connectivity index (χ3n) is 4.14. The average molecular weight is 297 g/mol. The maximum Gasteiger partial charge on any atom is 0.240 e. The molecule has 2 N–H and O–H groups in total. The number of aliphatic hydroxyl groups excluding tert-OH is 1. The van der Waals surface area contributed by atoms with Crippen molar-refractivity contribution in [2.45, 2.75) is 44.4 Å². The van der Waals surface area contributed by atoms with Gasteiger partial charge in [-0.05, 0) is 49.9 Å². The van der Waals surface area contributed by atoms with Crippen LogP contribution in [0, 0.1) is 19.3 Å².